The maximum Gasteiger partial charge on any atom is 1.00 e. The zero-order valence-corrected chi connectivity index (χ0v) is 18.5. The maximum atomic E-state index is 0. The molecule has 0 aliphatic heterocycles. The summed E-state index contributed by atoms with van der Waals surface area (Å²) >= 11 is 0. The summed E-state index contributed by atoms with van der Waals surface area (Å²) in [6.07, 6.45) is 0. The Hall–Kier alpha value is 5.86. The zero-order valence-electron chi connectivity index (χ0n) is 4.44. The summed E-state index contributed by atoms with van der Waals surface area (Å²) in [5.74, 6) is 0. The standard InChI is InChI=1S/CH4.2HI.2K.H3P.2H2S/h1H4;2*1H;;;1H3;2*1H2/q;;;2*+1;;;/p-2. The van der Waals surface area contributed by atoms with Gasteiger partial charge in [-0.1, -0.05) is 7.43 Å². The molecule has 0 bridgehead atoms. The molecule has 0 saturated carbocycles. The fourth-order valence-electron chi connectivity index (χ4n) is 0. The van der Waals surface area contributed by atoms with E-state index in [1.165, 1.54) is 0 Å². The molecule has 0 aromatic rings. The van der Waals surface area contributed by atoms with E-state index >= 15 is 0 Å². The van der Waals surface area contributed by atoms with Crippen LogP contribution in [0.5, 0.6) is 0 Å². The van der Waals surface area contributed by atoms with Crippen LogP contribution >= 0.6 is 47.4 Å². The molecule has 0 fully saturated rings. The van der Waals surface area contributed by atoms with Crippen LogP contribution in [0.25, 0.3) is 0 Å². The predicted octanol–water partition coefficient (Wildman–Crippen LogP) is -7.83. The minimum atomic E-state index is 0. The van der Waals surface area contributed by atoms with Gasteiger partial charge in [0.25, 0.3) is 0 Å². The van der Waals surface area contributed by atoms with Crippen molar-refractivity contribution in [3.8, 4) is 0 Å². The minimum absolute atomic E-state index is 0. The van der Waals surface area contributed by atoms with Crippen LogP contribution in [0, 0.1) is 0 Å². The molecule has 0 aliphatic rings. The molecule has 0 spiro atoms. The van der Waals surface area contributed by atoms with Gasteiger partial charge in [0.2, 0.25) is 0 Å². The predicted molar refractivity (Wildman–Crippen MR) is 52.4 cm³/mol. The third kappa shape index (κ3) is 40.7. The topological polar surface area (TPSA) is 0 Å². The van der Waals surface area contributed by atoms with Crippen molar-refractivity contribution in [2.24, 2.45) is 0 Å². The third-order valence-corrected chi connectivity index (χ3v) is 0. The molecule has 0 N–H and O–H groups in total. The van der Waals surface area contributed by atoms with Gasteiger partial charge in [0, 0.05) is 0 Å². The van der Waals surface area contributed by atoms with Gasteiger partial charge in [0.1, 0.15) is 0 Å². The van der Waals surface area contributed by atoms with Gasteiger partial charge >= 0.3 is 103 Å². The van der Waals surface area contributed by atoms with Gasteiger partial charge in [-0.15, -0.1) is 24.0 Å². The molecule has 48 valence electrons. The second-order valence-corrected chi connectivity index (χ2v) is 0. The van der Waals surface area contributed by atoms with Crippen LogP contribution in [0.2, 0.25) is 0 Å². The van der Waals surface area contributed by atoms with Crippen LogP contribution in [0.4, 0.5) is 0 Å². The van der Waals surface area contributed by atoms with Crippen LogP contribution in [0.3, 0.4) is 0 Å². The smallest absolute Gasteiger partial charge is 1.00 e. The normalized spacial score (nSPS) is 0. The monoisotopic (exact) mass is 450 g/mol. The first-order valence-corrected chi connectivity index (χ1v) is 0. The molecule has 8 heavy (non-hydrogen) atoms. The quantitative estimate of drug-likeness (QED) is 0.116. The number of hydrogen-bond donors (Lipinski definition) is 0. The van der Waals surface area contributed by atoms with Gasteiger partial charge in [0.05, 0.1) is 0 Å². The molecule has 0 amide bonds. The van der Waals surface area contributed by atoms with Crippen molar-refractivity contribution in [2.45, 2.75) is 7.43 Å². The molecule has 0 radical (unpaired) electrons. The number of hydrogen-bond acceptors (Lipinski definition) is 1. The molecule has 1 atom stereocenters. The van der Waals surface area contributed by atoms with Gasteiger partial charge in [-0.3, -0.25) is 0 Å². The average molecular weight is 450 g/mol. The van der Waals surface area contributed by atoms with E-state index in [-0.39, 0.29) is 195 Å². The molecule has 0 aromatic heterocycles. The minimum Gasteiger partial charge on any atom is -1.00 e. The number of rotatable bonds is 0. The van der Waals surface area contributed by atoms with Crippen LogP contribution in [-0.2, 0) is 13.5 Å². The molecule has 1 unspecified atom stereocenters. The Balaban J connectivity index is 0. The maximum absolute atomic E-state index is 0. The Bertz CT molecular complexity index is 18.0. The van der Waals surface area contributed by atoms with Gasteiger partial charge in [-0.05, 0) is 0 Å². The van der Waals surface area contributed by atoms with Crippen LogP contribution in [0.15, 0.2) is 0 Å². The molecular formula is CH11I2K2PS2. The van der Waals surface area contributed by atoms with Crippen LogP contribution in [-0.4, -0.2) is 0 Å². The SMILES string of the molecule is C.I.P.S.[I-].[K+].[K+].[SH-]. The van der Waals surface area contributed by atoms with Crippen molar-refractivity contribution in [1.82, 2.24) is 0 Å². The van der Waals surface area contributed by atoms with Crippen molar-refractivity contribution in [1.29, 1.82) is 0 Å². The first kappa shape index (κ1) is 66.7. The Labute approximate surface area is 189 Å². The first-order chi connectivity index (χ1) is 0. The summed E-state index contributed by atoms with van der Waals surface area (Å²) < 4.78 is 0. The Morgan fingerprint density at radius 1 is 0.875 bits per heavy atom. The van der Waals surface area contributed by atoms with Crippen LogP contribution in [0.1, 0.15) is 7.43 Å². The summed E-state index contributed by atoms with van der Waals surface area (Å²) in [6.45, 7) is 0. The van der Waals surface area contributed by atoms with Crippen molar-refractivity contribution < 1.29 is 127 Å². The van der Waals surface area contributed by atoms with E-state index in [0.717, 1.165) is 0 Å². The van der Waals surface area contributed by atoms with Gasteiger partial charge in [-0.25, -0.2) is 0 Å². The van der Waals surface area contributed by atoms with E-state index in [4.69, 9.17) is 0 Å². The third-order valence-electron chi connectivity index (χ3n) is 0. The molecule has 0 aliphatic carbocycles. The largest absolute Gasteiger partial charge is 1.00 e. The van der Waals surface area contributed by atoms with Gasteiger partial charge < -0.3 is 37.5 Å². The van der Waals surface area contributed by atoms with E-state index in [1.54, 1.807) is 0 Å². The number of halogens is 2. The van der Waals surface area contributed by atoms with E-state index in [2.05, 4.69) is 0 Å². The summed E-state index contributed by atoms with van der Waals surface area (Å²) in [7, 11) is 0. The molecule has 0 saturated heterocycles. The van der Waals surface area contributed by atoms with E-state index in [0.29, 0.717) is 0 Å². The molecule has 0 heterocycles. The molecule has 7 heteroatoms. The van der Waals surface area contributed by atoms with Gasteiger partial charge in [-0.2, -0.15) is 23.4 Å². The average Bonchev–Trinajstić information content (AvgIpc) is 0. The molecule has 0 aromatic carbocycles. The second kappa shape index (κ2) is 52.7. The van der Waals surface area contributed by atoms with E-state index in [1.807, 2.05) is 0 Å². The fourth-order valence-corrected chi connectivity index (χ4v) is 0. The Morgan fingerprint density at radius 3 is 0.875 bits per heavy atom. The zero-order chi connectivity index (χ0) is 0. The van der Waals surface area contributed by atoms with E-state index < -0.39 is 0 Å². The van der Waals surface area contributed by atoms with Crippen molar-refractivity contribution in [3.05, 3.63) is 0 Å². The van der Waals surface area contributed by atoms with Crippen molar-refractivity contribution in [2.75, 3.05) is 0 Å². The first-order valence-electron chi connectivity index (χ1n) is 0. The molecule has 0 rings (SSSR count). The fraction of sp³-hybridized carbons (Fsp3) is 1.00. The summed E-state index contributed by atoms with van der Waals surface area (Å²) in [5.41, 5.74) is 0. The summed E-state index contributed by atoms with van der Waals surface area (Å²) in [6, 6.07) is 0. The molecule has 0 nitrogen and oxygen atoms in total. The summed E-state index contributed by atoms with van der Waals surface area (Å²) in [5, 5.41) is 0. The van der Waals surface area contributed by atoms with Gasteiger partial charge in [0.15, 0.2) is 0 Å². The Morgan fingerprint density at radius 2 is 0.875 bits per heavy atom. The summed E-state index contributed by atoms with van der Waals surface area (Å²) in [4.78, 5) is 0. The van der Waals surface area contributed by atoms with Crippen molar-refractivity contribution in [3.63, 3.8) is 0 Å². The molecular weight excluding hydrogens is 439 g/mol. The Kier molecular flexibility index (Phi) is 439. The van der Waals surface area contributed by atoms with Crippen molar-refractivity contribution >= 4 is 60.9 Å². The van der Waals surface area contributed by atoms with E-state index in [9.17, 15) is 0 Å². The van der Waals surface area contributed by atoms with Crippen LogP contribution < -0.4 is 127 Å². The second-order valence-electron chi connectivity index (χ2n) is 0. The number of thiol groups is 1.